The molecule has 1 N–H and O–H groups in total. The third-order valence-corrected chi connectivity index (χ3v) is 4.51. The van der Waals surface area contributed by atoms with E-state index < -0.39 is 21.8 Å². The van der Waals surface area contributed by atoms with Crippen molar-refractivity contribution in [2.45, 2.75) is 51.8 Å². The summed E-state index contributed by atoms with van der Waals surface area (Å²) in [6.07, 6.45) is 0.461. The molecule has 0 aliphatic carbocycles. The second-order valence-corrected chi connectivity index (χ2v) is 7.99. The van der Waals surface area contributed by atoms with E-state index in [-0.39, 0.29) is 5.97 Å². The molecule has 1 unspecified atom stereocenters. The molecule has 21 heavy (non-hydrogen) atoms. The molecule has 0 saturated carbocycles. The zero-order chi connectivity index (χ0) is 16.0. The van der Waals surface area contributed by atoms with Crippen LogP contribution in [0.5, 0.6) is 0 Å². The Kier molecular flexibility index (Phi) is 6.55. The Balaban J connectivity index is 2.87. The molecule has 0 spiro atoms. The van der Waals surface area contributed by atoms with Crippen LogP contribution in [0.25, 0.3) is 0 Å². The van der Waals surface area contributed by atoms with E-state index in [9.17, 15) is 9.00 Å². The second-order valence-electron chi connectivity index (χ2n) is 6.00. The van der Waals surface area contributed by atoms with E-state index >= 15 is 0 Å². The fourth-order valence-corrected chi connectivity index (χ4v) is 2.59. The number of benzene rings is 1. The predicted molar refractivity (Wildman–Crippen MR) is 86.3 cm³/mol. The standard InChI is InChI=1S/C16H25NO3S/c1-6-20-15(18)14(17-21(19)16(3,4)5)11-13-9-7-8-12(2)10-13/h7-10,14,17H,6,11H2,1-5H3/t14-,21?/m1/s1. The maximum Gasteiger partial charge on any atom is 0.324 e. The molecule has 0 saturated heterocycles. The van der Waals surface area contributed by atoms with Crippen LogP contribution >= 0.6 is 0 Å². The van der Waals surface area contributed by atoms with E-state index in [1.165, 1.54) is 0 Å². The van der Waals surface area contributed by atoms with Gasteiger partial charge in [0.1, 0.15) is 6.04 Å². The van der Waals surface area contributed by atoms with Gasteiger partial charge in [0.05, 0.1) is 22.3 Å². The van der Waals surface area contributed by atoms with Gasteiger partial charge in [0.25, 0.3) is 0 Å². The summed E-state index contributed by atoms with van der Waals surface area (Å²) in [5, 5.41) is 0. The van der Waals surface area contributed by atoms with E-state index in [4.69, 9.17) is 4.74 Å². The van der Waals surface area contributed by atoms with Gasteiger partial charge in [-0.3, -0.25) is 4.79 Å². The van der Waals surface area contributed by atoms with Crippen molar-refractivity contribution in [1.82, 2.24) is 4.72 Å². The lowest BCUT2D eigenvalue weighted by Gasteiger charge is -2.23. The van der Waals surface area contributed by atoms with Gasteiger partial charge in [-0.05, 0) is 46.6 Å². The predicted octanol–water partition coefficient (Wildman–Crippen LogP) is 2.52. The van der Waals surface area contributed by atoms with Gasteiger partial charge in [0.2, 0.25) is 0 Å². The van der Waals surface area contributed by atoms with Crippen LogP contribution in [0.15, 0.2) is 24.3 Å². The zero-order valence-electron chi connectivity index (χ0n) is 13.4. The quantitative estimate of drug-likeness (QED) is 0.821. The van der Waals surface area contributed by atoms with Gasteiger partial charge in [0.15, 0.2) is 0 Å². The Hall–Kier alpha value is -1.20. The molecule has 0 aliphatic heterocycles. The summed E-state index contributed by atoms with van der Waals surface area (Å²) in [6, 6.07) is 7.33. The van der Waals surface area contributed by atoms with Crippen LogP contribution in [0.4, 0.5) is 0 Å². The molecule has 0 radical (unpaired) electrons. The number of aryl methyl sites for hydroxylation is 1. The van der Waals surface area contributed by atoms with Crippen molar-refractivity contribution >= 4 is 17.0 Å². The second kappa shape index (κ2) is 7.71. The minimum atomic E-state index is -1.32. The maximum atomic E-state index is 12.2. The van der Waals surface area contributed by atoms with E-state index in [1.807, 2.05) is 52.0 Å². The Morgan fingerprint density at radius 1 is 1.38 bits per heavy atom. The van der Waals surface area contributed by atoms with Crippen molar-refractivity contribution in [3.05, 3.63) is 35.4 Å². The summed E-state index contributed by atoms with van der Waals surface area (Å²) >= 11 is 0. The lowest BCUT2D eigenvalue weighted by Crippen LogP contribution is -2.45. The molecule has 4 nitrogen and oxygen atoms in total. The minimum absolute atomic E-state index is 0.312. The molecule has 1 aromatic rings. The molecule has 2 atom stereocenters. The zero-order valence-corrected chi connectivity index (χ0v) is 14.3. The number of hydrogen-bond donors (Lipinski definition) is 1. The van der Waals surface area contributed by atoms with Crippen LogP contribution in [0.1, 0.15) is 38.8 Å². The van der Waals surface area contributed by atoms with Crippen molar-refractivity contribution in [3.8, 4) is 0 Å². The van der Waals surface area contributed by atoms with E-state index in [0.717, 1.165) is 11.1 Å². The van der Waals surface area contributed by atoms with Gasteiger partial charge in [-0.15, -0.1) is 0 Å². The van der Waals surface area contributed by atoms with Crippen LogP contribution < -0.4 is 4.72 Å². The van der Waals surface area contributed by atoms with Crippen molar-refractivity contribution in [2.75, 3.05) is 6.61 Å². The SMILES string of the molecule is CCOC(=O)[C@@H](Cc1cccc(C)c1)NS(=O)C(C)(C)C. The van der Waals surface area contributed by atoms with E-state index in [1.54, 1.807) is 6.92 Å². The Morgan fingerprint density at radius 2 is 2.05 bits per heavy atom. The van der Waals surface area contributed by atoms with Crippen molar-refractivity contribution in [2.24, 2.45) is 0 Å². The maximum absolute atomic E-state index is 12.2. The molecule has 1 aromatic carbocycles. The van der Waals surface area contributed by atoms with Gasteiger partial charge in [-0.25, -0.2) is 8.93 Å². The fourth-order valence-electron chi connectivity index (χ4n) is 1.80. The summed E-state index contributed by atoms with van der Waals surface area (Å²) in [7, 11) is -1.32. The summed E-state index contributed by atoms with van der Waals surface area (Å²) in [6.45, 7) is 9.68. The van der Waals surface area contributed by atoms with Gasteiger partial charge in [-0.1, -0.05) is 29.8 Å². The first-order chi connectivity index (χ1) is 9.74. The highest BCUT2D eigenvalue weighted by Crippen LogP contribution is 2.13. The summed E-state index contributed by atoms with van der Waals surface area (Å²) in [5.41, 5.74) is 2.15. The van der Waals surface area contributed by atoms with Crippen LogP contribution in [0, 0.1) is 6.92 Å². The Labute approximate surface area is 129 Å². The summed E-state index contributed by atoms with van der Waals surface area (Å²) in [4.78, 5) is 12.1. The molecule has 0 heterocycles. The molecule has 0 fully saturated rings. The molecule has 118 valence electrons. The smallest absolute Gasteiger partial charge is 0.324 e. The van der Waals surface area contributed by atoms with Crippen molar-refractivity contribution in [1.29, 1.82) is 0 Å². The van der Waals surface area contributed by atoms with Crippen LogP contribution in [-0.4, -0.2) is 27.6 Å². The first-order valence-corrected chi connectivity index (χ1v) is 8.29. The first kappa shape index (κ1) is 17.9. The number of carbonyl (C=O) groups excluding carboxylic acids is 1. The molecule has 0 aliphatic rings. The molecule has 0 aromatic heterocycles. The normalized spacial score (nSPS) is 14.5. The third-order valence-electron chi connectivity index (χ3n) is 2.90. The monoisotopic (exact) mass is 311 g/mol. The number of rotatable bonds is 6. The summed E-state index contributed by atoms with van der Waals surface area (Å²) < 4.78 is 19.8. The largest absolute Gasteiger partial charge is 0.465 e. The van der Waals surface area contributed by atoms with Crippen LogP contribution in [0.3, 0.4) is 0 Å². The number of hydrogen-bond acceptors (Lipinski definition) is 3. The molecular formula is C16H25NO3S. The number of ether oxygens (including phenoxy) is 1. The van der Waals surface area contributed by atoms with Gasteiger partial charge in [-0.2, -0.15) is 0 Å². The molecule has 0 bridgehead atoms. The average molecular weight is 311 g/mol. The van der Waals surface area contributed by atoms with Crippen molar-refractivity contribution in [3.63, 3.8) is 0 Å². The minimum Gasteiger partial charge on any atom is -0.465 e. The highest BCUT2D eigenvalue weighted by molar-refractivity contribution is 7.84. The molecular weight excluding hydrogens is 286 g/mol. The van der Waals surface area contributed by atoms with Gasteiger partial charge < -0.3 is 4.74 Å². The van der Waals surface area contributed by atoms with Crippen molar-refractivity contribution < 1.29 is 13.7 Å². The number of esters is 1. The Bertz CT molecular complexity index is 508. The lowest BCUT2D eigenvalue weighted by atomic mass is 10.0. The van der Waals surface area contributed by atoms with Crippen LogP contribution in [-0.2, 0) is 26.9 Å². The molecule has 0 amide bonds. The van der Waals surface area contributed by atoms with E-state index in [0.29, 0.717) is 13.0 Å². The molecule has 5 heteroatoms. The summed E-state index contributed by atoms with van der Waals surface area (Å²) in [5.74, 6) is -0.364. The average Bonchev–Trinajstić information content (AvgIpc) is 2.37. The highest BCUT2D eigenvalue weighted by Gasteiger charge is 2.27. The number of carbonyl (C=O) groups is 1. The van der Waals surface area contributed by atoms with Gasteiger partial charge >= 0.3 is 5.97 Å². The number of nitrogens with one attached hydrogen (secondary N) is 1. The Morgan fingerprint density at radius 3 is 2.57 bits per heavy atom. The third kappa shape index (κ3) is 5.98. The van der Waals surface area contributed by atoms with Crippen LogP contribution in [0.2, 0.25) is 0 Å². The van der Waals surface area contributed by atoms with Gasteiger partial charge in [0, 0.05) is 0 Å². The molecule has 1 rings (SSSR count). The topological polar surface area (TPSA) is 55.4 Å². The highest BCUT2D eigenvalue weighted by atomic mass is 32.2. The first-order valence-electron chi connectivity index (χ1n) is 7.14. The van der Waals surface area contributed by atoms with E-state index in [2.05, 4.69) is 4.72 Å². The lowest BCUT2D eigenvalue weighted by molar-refractivity contribution is -0.145. The fraction of sp³-hybridized carbons (Fsp3) is 0.562.